The number of carboxylic acid groups (broad SMARTS) is 1. The third-order valence-electron chi connectivity index (χ3n) is 5.42. The SMILES string of the molecule is O=C(O)c1c(OC2CN(C(=O)[C@H]3NCC[C@H]3O)C2)ccc2c1O[B-](O)(O)CC2. The Balaban J connectivity index is 1.46. The average molecular weight is 393 g/mol. The van der Waals surface area contributed by atoms with Crippen molar-refractivity contribution in [2.45, 2.75) is 37.4 Å². The van der Waals surface area contributed by atoms with Gasteiger partial charge in [-0.2, -0.15) is 0 Å². The third kappa shape index (κ3) is 3.41. The Morgan fingerprint density at radius 3 is 2.68 bits per heavy atom. The fourth-order valence-corrected chi connectivity index (χ4v) is 3.84. The largest absolute Gasteiger partial charge is 0.669 e. The Hall–Kier alpha value is -2.34. The summed E-state index contributed by atoms with van der Waals surface area (Å²) in [5, 5.41) is 41.9. The number of likely N-dealkylation sites (tertiary alicyclic amines) is 1. The predicted molar refractivity (Wildman–Crippen MR) is 96.1 cm³/mol. The lowest BCUT2D eigenvalue weighted by Crippen LogP contribution is -2.61. The predicted octanol–water partition coefficient (Wildman–Crippen LogP) is -1.44. The molecule has 3 heterocycles. The van der Waals surface area contributed by atoms with E-state index in [1.807, 2.05) is 0 Å². The number of nitrogens with zero attached hydrogens (tertiary/aromatic N) is 1. The number of aliphatic hydroxyl groups excluding tert-OH is 1. The molecule has 3 aliphatic heterocycles. The van der Waals surface area contributed by atoms with Crippen molar-refractivity contribution >= 4 is 18.6 Å². The maximum Gasteiger partial charge on any atom is 0.430 e. The molecule has 1 amide bonds. The van der Waals surface area contributed by atoms with Crippen LogP contribution in [0.15, 0.2) is 12.1 Å². The van der Waals surface area contributed by atoms with Crippen LogP contribution in [0.3, 0.4) is 0 Å². The summed E-state index contributed by atoms with van der Waals surface area (Å²) in [6, 6.07) is 2.55. The lowest BCUT2D eigenvalue weighted by atomic mass is 9.70. The van der Waals surface area contributed by atoms with Crippen LogP contribution in [0.5, 0.6) is 11.5 Å². The maximum absolute atomic E-state index is 12.4. The van der Waals surface area contributed by atoms with Crippen LogP contribution in [-0.4, -0.2) is 81.7 Å². The van der Waals surface area contributed by atoms with Gasteiger partial charge in [0.15, 0.2) is 0 Å². The van der Waals surface area contributed by atoms with Crippen molar-refractivity contribution in [1.29, 1.82) is 0 Å². The van der Waals surface area contributed by atoms with Crippen LogP contribution in [-0.2, 0) is 11.2 Å². The molecule has 0 aliphatic carbocycles. The van der Waals surface area contributed by atoms with Crippen molar-refractivity contribution in [2.75, 3.05) is 19.6 Å². The summed E-state index contributed by atoms with van der Waals surface area (Å²) in [6.07, 6.45) is -0.304. The van der Waals surface area contributed by atoms with E-state index in [-0.39, 0.29) is 48.8 Å². The second-order valence-corrected chi connectivity index (χ2v) is 7.52. The molecular weight excluding hydrogens is 371 g/mol. The van der Waals surface area contributed by atoms with Gasteiger partial charge in [-0.05, 0) is 31.0 Å². The molecule has 0 aromatic heterocycles. The Labute approximate surface area is 160 Å². The highest BCUT2D eigenvalue weighted by atomic mass is 16.6. The Morgan fingerprint density at radius 1 is 1.29 bits per heavy atom. The molecule has 2 fully saturated rings. The third-order valence-corrected chi connectivity index (χ3v) is 5.42. The van der Waals surface area contributed by atoms with Crippen molar-refractivity contribution in [3.8, 4) is 11.5 Å². The van der Waals surface area contributed by atoms with Gasteiger partial charge in [0.05, 0.1) is 24.9 Å². The van der Waals surface area contributed by atoms with E-state index in [1.165, 1.54) is 6.07 Å². The molecular formula is C17H22BN2O8-. The van der Waals surface area contributed by atoms with E-state index in [2.05, 4.69) is 5.32 Å². The minimum absolute atomic E-state index is 0.00693. The number of aliphatic hydroxyl groups is 1. The van der Waals surface area contributed by atoms with Gasteiger partial charge in [-0.15, -0.1) is 0 Å². The van der Waals surface area contributed by atoms with Gasteiger partial charge < -0.3 is 39.9 Å². The topological polar surface area (TPSA) is 149 Å². The van der Waals surface area contributed by atoms with Gasteiger partial charge in [0.1, 0.15) is 23.5 Å². The van der Waals surface area contributed by atoms with Crippen LogP contribution in [0.1, 0.15) is 22.3 Å². The van der Waals surface area contributed by atoms with E-state index in [1.54, 1.807) is 11.0 Å². The van der Waals surface area contributed by atoms with Gasteiger partial charge in [-0.25, -0.2) is 4.79 Å². The van der Waals surface area contributed by atoms with Crippen LogP contribution in [0, 0.1) is 0 Å². The number of carboxylic acids is 1. The number of nitrogens with one attached hydrogen (secondary N) is 1. The van der Waals surface area contributed by atoms with Crippen LogP contribution >= 0.6 is 0 Å². The van der Waals surface area contributed by atoms with Crippen LogP contribution in [0.25, 0.3) is 0 Å². The van der Waals surface area contributed by atoms with Crippen molar-refractivity contribution in [1.82, 2.24) is 10.2 Å². The molecule has 11 heteroatoms. The standard InChI is InChI=1S/C17H22BN2O8/c21-11-4-6-19-14(11)16(22)20-7-10(8-20)27-12-2-1-9-3-5-18(25,26)28-15(9)13(12)17(23)24/h1-2,10-11,14,19,21,25-26H,3-8H2,(H,23,24)/q-1/t11-,14+/m1/s1. The molecule has 10 nitrogen and oxygen atoms in total. The van der Waals surface area contributed by atoms with Crippen LogP contribution < -0.4 is 14.7 Å². The molecule has 0 unspecified atom stereocenters. The normalized spacial score (nSPS) is 26.2. The van der Waals surface area contributed by atoms with Crippen molar-refractivity contribution < 1.29 is 39.2 Å². The number of ether oxygens (including phenoxy) is 1. The number of hydrogen-bond donors (Lipinski definition) is 5. The van der Waals surface area contributed by atoms with Gasteiger partial charge in [0.2, 0.25) is 5.91 Å². The molecule has 0 radical (unpaired) electrons. The molecule has 0 spiro atoms. The zero-order chi connectivity index (χ0) is 20.1. The molecule has 2 atom stereocenters. The molecule has 3 aliphatic rings. The fourth-order valence-electron chi connectivity index (χ4n) is 3.84. The Morgan fingerprint density at radius 2 is 2.04 bits per heavy atom. The van der Waals surface area contributed by atoms with Gasteiger partial charge >= 0.3 is 12.7 Å². The molecule has 0 bridgehead atoms. The number of carbonyl (C=O) groups excluding carboxylic acids is 1. The molecule has 28 heavy (non-hydrogen) atoms. The van der Waals surface area contributed by atoms with Crippen LogP contribution in [0.2, 0.25) is 6.32 Å². The van der Waals surface area contributed by atoms with Gasteiger partial charge in [0.25, 0.3) is 0 Å². The van der Waals surface area contributed by atoms with Gasteiger partial charge in [-0.1, -0.05) is 12.4 Å². The van der Waals surface area contributed by atoms with E-state index in [9.17, 15) is 29.9 Å². The van der Waals surface area contributed by atoms with Gasteiger partial charge in [-0.3, -0.25) is 4.79 Å². The van der Waals surface area contributed by atoms with Gasteiger partial charge in [0, 0.05) is 0 Å². The number of hydrogen-bond acceptors (Lipinski definition) is 8. The first-order valence-corrected chi connectivity index (χ1v) is 9.30. The maximum atomic E-state index is 12.4. The molecule has 1 aromatic rings. The van der Waals surface area contributed by atoms with E-state index >= 15 is 0 Å². The van der Waals surface area contributed by atoms with E-state index in [0.29, 0.717) is 18.5 Å². The molecule has 2 saturated heterocycles. The molecule has 4 rings (SSSR count). The molecule has 1 aromatic carbocycles. The second-order valence-electron chi connectivity index (χ2n) is 7.52. The average Bonchev–Trinajstić information content (AvgIpc) is 3.01. The summed E-state index contributed by atoms with van der Waals surface area (Å²) in [7, 11) is 0. The summed E-state index contributed by atoms with van der Waals surface area (Å²) >= 11 is 0. The highest BCUT2D eigenvalue weighted by Crippen LogP contribution is 2.39. The highest BCUT2D eigenvalue weighted by Gasteiger charge is 2.41. The van der Waals surface area contributed by atoms with Crippen molar-refractivity contribution in [3.63, 3.8) is 0 Å². The highest BCUT2D eigenvalue weighted by molar-refractivity contribution is 6.59. The number of aryl methyl sites for hydroxylation is 1. The number of amides is 1. The molecule has 152 valence electrons. The fraction of sp³-hybridized carbons (Fsp3) is 0.529. The Bertz CT molecular complexity index is 811. The quantitative estimate of drug-likeness (QED) is 0.388. The first kappa shape index (κ1) is 19.0. The molecule has 5 N–H and O–H groups in total. The minimum atomic E-state index is -3.10. The number of aromatic carboxylic acids is 1. The second kappa shape index (κ2) is 6.92. The first-order valence-electron chi connectivity index (χ1n) is 9.30. The summed E-state index contributed by atoms with van der Waals surface area (Å²) in [6.45, 7) is -1.97. The summed E-state index contributed by atoms with van der Waals surface area (Å²) < 4.78 is 10.9. The summed E-state index contributed by atoms with van der Waals surface area (Å²) in [5.74, 6) is -1.54. The number of benzene rings is 1. The molecule has 0 saturated carbocycles. The van der Waals surface area contributed by atoms with E-state index in [0.717, 1.165) is 0 Å². The van der Waals surface area contributed by atoms with E-state index < -0.39 is 31.0 Å². The summed E-state index contributed by atoms with van der Waals surface area (Å²) in [4.78, 5) is 25.7. The number of fused-ring (bicyclic) bond motifs is 1. The zero-order valence-corrected chi connectivity index (χ0v) is 15.1. The minimum Gasteiger partial charge on any atom is -0.669 e. The zero-order valence-electron chi connectivity index (χ0n) is 15.1. The number of carbonyl (C=O) groups is 2. The number of rotatable bonds is 4. The Kier molecular flexibility index (Phi) is 4.70. The summed E-state index contributed by atoms with van der Waals surface area (Å²) in [5.41, 5.74) is 0.307. The monoisotopic (exact) mass is 393 g/mol. The smallest absolute Gasteiger partial charge is 0.430 e. The van der Waals surface area contributed by atoms with Crippen LogP contribution in [0.4, 0.5) is 0 Å². The first-order chi connectivity index (χ1) is 13.2. The lowest BCUT2D eigenvalue weighted by Gasteiger charge is -2.41. The van der Waals surface area contributed by atoms with Crippen molar-refractivity contribution in [2.24, 2.45) is 0 Å². The van der Waals surface area contributed by atoms with E-state index in [4.69, 9.17) is 9.39 Å². The van der Waals surface area contributed by atoms with Crippen molar-refractivity contribution in [3.05, 3.63) is 23.3 Å². The lowest BCUT2D eigenvalue weighted by molar-refractivity contribution is -0.144.